The first-order valence-corrected chi connectivity index (χ1v) is 12.2. The number of terminal acetylenes is 1. The van der Waals surface area contributed by atoms with Crippen LogP contribution in [0.3, 0.4) is 0 Å². The fourth-order valence-corrected chi connectivity index (χ4v) is 7.01. The summed E-state index contributed by atoms with van der Waals surface area (Å²) in [5.41, 5.74) is 0.489. The molecule has 0 aromatic heterocycles. The fraction of sp³-hybridized carbons (Fsp3) is 0.400. The summed E-state index contributed by atoms with van der Waals surface area (Å²) in [6, 6.07) is 15.1. The van der Waals surface area contributed by atoms with E-state index < -0.39 is 38.7 Å². The van der Waals surface area contributed by atoms with Gasteiger partial charge in [0.05, 0.1) is 23.6 Å². The van der Waals surface area contributed by atoms with Crippen molar-refractivity contribution < 1.29 is 17.9 Å². The van der Waals surface area contributed by atoms with Crippen LogP contribution in [0.2, 0.25) is 0 Å². The third kappa shape index (κ3) is 3.93. The number of nitriles is 1. The van der Waals surface area contributed by atoms with Crippen LogP contribution in [0.5, 0.6) is 0 Å². The molecule has 1 aliphatic heterocycles. The number of aliphatic hydroxyl groups is 1. The Labute approximate surface area is 188 Å². The van der Waals surface area contributed by atoms with Gasteiger partial charge in [0.2, 0.25) is 10.0 Å². The Kier molecular flexibility index (Phi) is 6.09. The zero-order valence-electron chi connectivity index (χ0n) is 17.6. The van der Waals surface area contributed by atoms with E-state index in [0.29, 0.717) is 36.8 Å². The van der Waals surface area contributed by atoms with Crippen LogP contribution in [0.15, 0.2) is 48.5 Å². The van der Waals surface area contributed by atoms with Crippen molar-refractivity contribution in [3.05, 3.63) is 71.0 Å². The summed E-state index contributed by atoms with van der Waals surface area (Å²) in [5, 5.41) is 18.9. The minimum Gasteiger partial charge on any atom is -0.393 e. The monoisotopic (exact) mass is 452 g/mol. The molecule has 0 unspecified atom stereocenters. The van der Waals surface area contributed by atoms with Crippen molar-refractivity contribution in [2.45, 2.75) is 61.5 Å². The number of aliphatic hydroxyl groups excluding tert-OH is 1. The van der Waals surface area contributed by atoms with Crippen LogP contribution in [0, 0.1) is 29.5 Å². The van der Waals surface area contributed by atoms with E-state index in [1.165, 1.54) is 16.4 Å². The van der Waals surface area contributed by atoms with Crippen LogP contribution in [0.4, 0.5) is 4.39 Å². The van der Waals surface area contributed by atoms with E-state index in [2.05, 4.69) is 12.0 Å². The molecule has 0 amide bonds. The maximum absolute atomic E-state index is 15.1. The lowest BCUT2D eigenvalue weighted by molar-refractivity contribution is 0.178. The van der Waals surface area contributed by atoms with Gasteiger partial charge in [0.15, 0.2) is 0 Å². The van der Waals surface area contributed by atoms with Crippen LogP contribution in [-0.2, 0) is 22.0 Å². The van der Waals surface area contributed by atoms with Gasteiger partial charge in [-0.15, -0.1) is 6.42 Å². The lowest BCUT2D eigenvalue weighted by Crippen LogP contribution is -2.45. The highest BCUT2D eigenvalue weighted by atomic mass is 32.2. The molecule has 0 bridgehead atoms. The Morgan fingerprint density at radius 3 is 2.53 bits per heavy atom. The molecule has 2 aliphatic rings. The van der Waals surface area contributed by atoms with Crippen molar-refractivity contribution in [2.24, 2.45) is 0 Å². The molecule has 2 aromatic carbocycles. The number of benzene rings is 2. The third-order valence-electron chi connectivity index (χ3n) is 6.73. The predicted octanol–water partition coefficient (Wildman–Crippen LogP) is 3.80. The zero-order valence-corrected chi connectivity index (χ0v) is 18.4. The number of sulfonamides is 1. The number of hydrogen-bond donors (Lipinski definition) is 1. The number of nitrogens with zero attached hydrogens (tertiary/aromatic N) is 2. The summed E-state index contributed by atoms with van der Waals surface area (Å²) in [6.07, 6.45) is 7.17. The Hall–Kier alpha value is -2.71. The van der Waals surface area contributed by atoms with Crippen molar-refractivity contribution in [1.82, 2.24) is 4.31 Å². The molecule has 2 aromatic rings. The molecular weight excluding hydrogens is 427 g/mol. The van der Waals surface area contributed by atoms with Crippen molar-refractivity contribution in [3.63, 3.8) is 0 Å². The van der Waals surface area contributed by atoms with E-state index in [0.717, 1.165) is 0 Å². The highest BCUT2D eigenvalue weighted by Gasteiger charge is 2.43. The number of halogens is 1. The first kappa shape index (κ1) is 22.5. The molecule has 166 valence electrons. The van der Waals surface area contributed by atoms with Crippen LogP contribution in [-0.4, -0.2) is 30.0 Å². The average Bonchev–Trinajstić information content (AvgIpc) is 3.18. The van der Waals surface area contributed by atoms with Gasteiger partial charge in [0.1, 0.15) is 11.1 Å². The summed E-state index contributed by atoms with van der Waals surface area (Å²) in [6.45, 7) is -0.172. The molecule has 1 heterocycles. The maximum atomic E-state index is 15.1. The molecular formula is C25H25FN2O3S. The predicted molar refractivity (Wildman–Crippen MR) is 119 cm³/mol. The van der Waals surface area contributed by atoms with Gasteiger partial charge in [-0.25, -0.2) is 12.8 Å². The van der Waals surface area contributed by atoms with E-state index >= 15 is 4.39 Å². The smallest absolute Gasteiger partial charge is 0.222 e. The molecule has 4 atom stereocenters. The first-order valence-electron chi connectivity index (χ1n) is 10.7. The SMILES string of the molecule is C#C[C@H]1CC[C@H](c2ccccc2)S(=O)(=O)N1Cc1ccc([C@@]2(C#N)CC[C@@H](O)C2)cc1F. The summed E-state index contributed by atoms with van der Waals surface area (Å²) in [7, 11) is -3.80. The molecule has 1 N–H and O–H groups in total. The van der Waals surface area contributed by atoms with Gasteiger partial charge >= 0.3 is 0 Å². The highest BCUT2D eigenvalue weighted by molar-refractivity contribution is 7.89. The molecule has 0 spiro atoms. The van der Waals surface area contributed by atoms with E-state index in [-0.39, 0.29) is 18.5 Å². The van der Waals surface area contributed by atoms with Crippen molar-refractivity contribution in [2.75, 3.05) is 0 Å². The largest absolute Gasteiger partial charge is 0.393 e. The summed E-state index contributed by atoms with van der Waals surface area (Å²) in [4.78, 5) is 0. The highest BCUT2D eigenvalue weighted by Crippen LogP contribution is 2.42. The zero-order chi connectivity index (χ0) is 22.9. The van der Waals surface area contributed by atoms with E-state index in [4.69, 9.17) is 6.42 Å². The Morgan fingerprint density at radius 1 is 1.19 bits per heavy atom. The van der Waals surface area contributed by atoms with E-state index in [1.807, 2.05) is 6.07 Å². The molecule has 1 aliphatic carbocycles. The van der Waals surface area contributed by atoms with E-state index in [1.54, 1.807) is 30.3 Å². The Morgan fingerprint density at radius 2 is 1.94 bits per heavy atom. The fourth-order valence-electron chi connectivity index (χ4n) is 4.90. The third-order valence-corrected chi connectivity index (χ3v) is 9.00. The van der Waals surface area contributed by atoms with Crippen LogP contribution in [0.25, 0.3) is 0 Å². The Balaban J connectivity index is 1.65. The van der Waals surface area contributed by atoms with Crippen LogP contribution >= 0.6 is 0 Å². The molecule has 4 rings (SSSR count). The minimum absolute atomic E-state index is 0.172. The molecule has 5 nitrogen and oxygen atoms in total. The molecule has 1 saturated carbocycles. The summed E-state index contributed by atoms with van der Waals surface area (Å²) in [5.74, 6) is 1.97. The maximum Gasteiger partial charge on any atom is 0.222 e. The Bertz CT molecular complexity index is 1190. The van der Waals surface area contributed by atoms with Gasteiger partial charge in [-0.2, -0.15) is 9.57 Å². The standard InChI is InChI=1S/C25H25FN2O3S/c1-2-21-10-11-24(18-6-4-3-5-7-18)32(30,31)28(21)16-19-8-9-20(14-23(19)26)25(17-27)13-12-22(29)15-25/h1,3-9,14,21-22,24,29H,10-13,15-16H2/t21-,22+,24+,25-/m0/s1. The van der Waals surface area contributed by atoms with Crippen molar-refractivity contribution in [3.8, 4) is 18.4 Å². The van der Waals surface area contributed by atoms with Gasteiger partial charge in [-0.1, -0.05) is 48.4 Å². The molecule has 1 saturated heterocycles. The van der Waals surface area contributed by atoms with Crippen LogP contribution in [0.1, 0.15) is 54.0 Å². The normalized spacial score (nSPS) is 29.8. The summed E-state index contributed by atoms with van der Waals surface area (Å²) < 4.78 is 43.2. The van der Waals surface area contributed by atoms with Gasteiger partial charge in [-0.05, 0) is 49.3 Å². The molecule has 32 heavy (non-hydrogen) atoms. The molecule has 0 radical (unpaired) electrons. The van der Waals surface area contributed by atoms with Crippen molar-refractivity contribution in [1.29, 1.82) is 5.26 Å². The topological polar surface area (TPSA) is 81.4 Å². The van der Waals surface area contributed by atoms with Gasteiger partial charge in [0.25, 0.3) is 0 Å². The van der Waals surface area contributed by atoms with E-state index in [9.17, 15) is 18.8 Å². The average molecular weight is 453 g/mol. The summed E-state index contributed by atoms with van der Waals surface area (Å²) >= 11 is 0. The second-order valence-electron chi connectivity index (χ2n) is 8.65. The number of rotatable bonds is 4. The lowest BCUT2D eigenvalue weighted by Gasteiger charge is -2.37. The molecule has 2 fully saturated rings. The second kappa shape index (κ2) is 8.67. The lowest BCUT2D eigenvalue weighted by atomic mass is 9.80. The van der Waals surface area contributed by atoms with Crippen LogP contribution < -0.4 is 0 Å². The minimum atomic E-state index is -3.80. The van der Waals surface area contributed by atoms with Gasteiger partial charge in [0, 0.05) is 12.1 Å². The quantitative estimate of drug-likeness (QED) is 0.716. The second-order valence-corrected chi connectivity index (χ2v) is 10.7. The van der Waals surface area contributed by atoms with Crippen molar-refractivity contribution >= 4 is 10.0 Å². The van der Waals surface area contributed by atoms with Gasteiger partial charge in [-0.3, -0.25) is 0 Å². The molecule has 7 heteroatoms. The first-order chi connectivity index (χ1) is 15.3. The number of hydrogen-bond acceptors (Lipinski definition) is 4. The van der Waals surface area contributed by atoms with Gasteiger partial charge < -0.3 is 5.11 Å².